The first kappa shape index (κ1) is 16.3. The zero-order valence-electron chi connectivity index (χ0n) is 11.9. The molecule has 0 aliphatic heterocycles. The van der Waals surface area contributed by atoms with Crippen LogP contribution >= 0.6 is 0 Å². The van der Waals surface area contributed by atoms with E-state index in [9.17, 15) is 4.79 Å². The SMILES string of the molecule is COCCOCCCOC(=O)c1cc(OC)ccc1N. The highest BCUT2D eigenvalue weighted by Gasteiger charge is 2.12. The van der Waals surface area contributed by atoms with E-state index >= 15 is 0 Å². The van der Waals surface area contributed by atoms with Gasteiger partial charge in [-0.2, -0.15) is 0 Å². The Morgan fingerprint density at radius 3 is 2.65 bits per heavy atom. The first-order valence-corrected chi connectivity index (χ1v) is 6.36. The zero-order valence-corrected chi connectivity index (χ0v) is 11.9. The van der Waals surface area contributed by atoms with Crippen LogP contribution in [0.25, 0.3) is 0 Å². The van der Waals surface area contributed by atoms with Gasteiger partial charge in [0.25, 0.3) is 0 Å². The molecule has 1 rings (SSSR count). The van der Waals surface area contributed by atoms with Crippen molar-refractivity contribution in [3.05, 3.63) is 23.8 Å². The van der Waals surface area contributed by atoms with Gasteiger partial charge in [0.15, 0.2) is 0 Å². The summed E-state index contributed by atoms with van der Waals surface area (Å²) >= 11 is 0. The van der Waals surface area contributed by atoms with E-state index in [4.69, 9.17) is 24.7 Å². The monoisotopic (exact) mass is 283 g/mol. The number of nitrogens with two attached hydrogens (primary N) is 1. The Morgan fingerprint density at radius 1 is 1.15 bits per heavy atom. The summed E-state index contributed by atoms with van der Waals surface area (Å²) in [4.78, 5) is 11.9. The third-order valence-corrected chi connectivity index (χ3v) is 2.58. The predicted molar refractivity (Wildman–Crippen MR) is 75.0 cm³/mol. The molecule has 0 amide bonds. The summed E-state index contributed by atoms with van der Waals surface area (Å²) in [5, 5.41) is 0. The predicted octanol–water partition coefficient (Wildman–Crippen LogP) is 1.49. The number of ether oxygens (including phenoxy) is 4. The first-order chi connectivity index (χ1) is 9.69. The molecular weight excluding hydrogens is 262 g/mol. The van der Waals surface area contributed by atoms with Crippen LogP contribution < -0.4 is 10.5 Å². The van der Waals surface area contributed by atoms with E-state index in [1.54, 1.807) is 25.3 Å². The third-order valence-electron chi connectivity index (χ3n) is 2.58. The second-order valence-corrected chi connectivity index (χ2v) is 4.05. The second kappa shape index (κ2) is 9.17. The maximum atomic E-state index is 11.9. The molecule has 0 unspecified atom stereocenters. The molecule has 0 aromatic heterocycles. The summed E-state index contributed by atoms with van der Waals surface area (Å²) in [5.74, 6) is 0.104. The van der Waals surface area contributed by atoms with Gasteiger partial charge >= 0.3 is 5.97 Å². The lowest BCUT2D eigenvalue weighted by Crippen LogP contribution is -2.11. The number of nitrogen functional groups attached to an aromatic ring is 1. The van der Waals surface area contributed by atoms with Crippen LogP contribution in [-0.2, 0) is 14.2 Å². The maximum absolute atomic E-state index is 11.9. The minimum atomic E-state index is -0.460. The molecule has 0 atom stereocenters. The van der Waals surface area contributed by atoms with Gasteiger partial charge < -0.3 is 24.7 Å². The molecule has 112 valence electrons. The van der Waals surface area contributed by atoms with Crippen molar-refractivity contribution in [2.24, 2.45) is 0 Å². The molecule has 0 heterocycles. The lowest BCUT2D eigenvalue weighted by Gasteiger charge is -2.09. The number of hydrogen-bond acceptors (Lipinski definition) is 6. The highest BCUT2D eigenvalue weighted by molar-refractivity contribution is 5.95. The minimum Gasteiger partial charge on any atom is -0.497 e. The van der Waals surface area contributed by atoms with Gasteiger partial charge in [0.05, 0.1) is 32.5 Å². The van der Waals surface area contributed by atoms with E-state index in [2.05, 4.69) is 0 Å². The van der Waals surface area contributed by atoms with Crippen molar-refractivity contribution in [1.82, 2.24) is 0 Å². The fourth-order valence-electron chi connectivity index (χ4n) is 1.49. The van der Waals surface area contributed by atoms with Crippen LogP contribution in [0.3, 0.4) is 0 Å². The summed E-state index contributed by atoms with van der Waals surface area (Å²) in [6.45, 7) is 1.89. The smallest absolute Gasteiger partial charge is 0.340 e. The maximum Gasteiger partial charge on any atom is 0.340 e. The standard InChI is InChI=1S/C14H21NO5/c1-17-8-9-19-6-3-7-20-14(16)12-10-11(18-2)4-5-13(12)15/h4-5,10H,3,6-9,15H2,1-2H3. The minimum absolute atomic E-state index is 0.280. The topological polar surface area (TPSA) is 80.0 Å². The molecule has 0 aliphatic rings. The molecule has 6 nitrogen and oxygen atoms in total. The molecule has 0 aliphatic carbocycles. The Hall–Kier alpha value is -1.79. The van der Waals surface area contributed by atoms with Gasteiger partial charge in [-0.3, -0.25) is 0 Å². The van der Waals surface area contributed by atoms with E-state index in [1.165, 1.54) is 7.11 Å². The Balaban J connectivity index is 2.32. The van der Waals surface area contributed by atoms with Crippen molar-refractivity contribution in [2.45, 2.75) is 6.42 Å². The molecule has 0 bridgehead atoms. The average Bonchev–Trinajstić information content (AvgIpc) is 2.46. The van der Waals surface area contributed by atoms with E-state index in [-0.39, 0.29) is 6.61 Å². The normalized spacial score (nSPS) is 10.3. The van der Waals surface area contributed by atoms with E-state index in [1.807, 2.05) is 0 Å². The van der Waals surface area contributed by atoms with Crippen molar-refractivity contribution in [3.63, 3.8) is 0 Å². The lowest BCUT2D eigenvalue weighted by molar-refractivity contribution is 0.0386. The molecule has 0 radical (unpaired) electrons. The van der Waals surface area contributed by atoms with E-state index < -0.39 is 5.97 Å². The fourth-order valence-corrected chi connectivity index (χ4v) is 1.49. The molecule has 6 heteroatoms. The Morgan fingerprint density at radius 2 is 1.95 bits per heavy atom. The summed E-state index contributed by atoms with van der Waals surface area (Å²) in [7, 11) is 3.14. The van der Waals surface area contributed by atoms with Gasteiger partial charge in [-0.1, -0.05) is 0 Å². The van der Waals surface area contributed by atoms with Crippen LogP contribution in [0.1, 0.15) is 16.8 Å². The number of benzene rings is 1. The first-order valence-electron chi connectivity index (χ1n) is 6.36. The quantitative estimate of drug-likeness (QED) is 0.420. The van der Waals surface area contributed by atoms with Gasteiger partial charge in [-0.25, -0.2) is 4.79 Å². The molecule has 1 aromatic rings. The molecule has 0 saturated heterocycles. The van der Waals surface area contributed by atoms with Crippen LogP contribution in [0, 0.1) is 0 Å². The van der Waals surface area contributed by atoms with Gasteiger partial charge in [0.1, 0.15) is 5.75 Å². The fraction of sp³-hybridized carbons (Fsp3) is 0.500. The van der Waals surface area contributed by atoms with Crippen LogP contribution in [-0.4, -0.2) is 46.6 Å². The van der Waals surface area contributed by atoms with Crippen molar-refractivity contribution >= 4 is 11.7 Å². The highest BCUT2D eigenvalue weighted by Crippen LogP contribution is 2.20. The molecule has 0 fully saturated rings. The van der Waals surface area contributed by atoms with Crippen molar-refractivity contribution in [2.75, 3.05) is 46.4 Å². The number of esters is 1. The van der Waals surface area contributed by atoms with Gasteiger partial charge in [-0.15, -0.1) is 0 Å². The third kappa shape index (κ3) is 5.46. The van der Waals surface area contributed by atoms with Crippen LogP contribution in [0.4, 0.5) is 5.69 Å². The van der Waals surface area contributed by atoms with Crippen LogP contribution in [0.5, 0.6) is 5.75 Å². The molecule has 2 N–H and O–H groups in total. The molecule has 0 saturated carbocycles. The average molecular weight is 283 g/mol. The summed E-state index contributed by atoms with van der Waals surface area (Å²) in [6, 6.07) is 4.87. The Kier molecular flexibility index (Phi) is 7.46. The van der Waals surface area contributed by atoms with Gasteiger partial charge in [0.2, 0.25) is 0 Å². The lowest BCUT2D eigenvalue weighted by atomic mass is 10.2. The Labute approximate surface area is 118 Å². The highest BCUT2D eigenvalue weighted by atomic mass is 16.5. The number of methoxy groups -OCH3 is 2. The van der Waals surface area contributed by atoms with E-state index in [0.717, 1.165) is 0 Å². The molecule has 1 aromatic carbocycles. The van der Waals surface area contributed by atoms with E-state index in [0.29, 0.717) is 43.2 Å². The Bertz CT molecular complexity index is 422. The largest absolute Gasteiger partial charge is 0.497 e. The molecule has 20 heavy (non-hydrogen) atoms. The molecular formula is C14H21NO5. The number of rotatable bonds is 9. The van der Waals surface area contributed by atoms with Gasteiger partial charge in [0, 0.05) is 25.8 Å². The second-order valence-electron chi connectivity index (χ2n) is 4.05. The van der Waals surface area contributed by atoms with Crippen LogP contribution in [0.2, 0.25) is 0 Å². The number of carbonyl (C=O) groups is 1. The summed E-state index contributed by atoms with van der Waals surface area (Å²) < 4.78 is 20.3. The van der Waals surface area contributed by atoms with Crippen LogP contribution in [0.15, 0.2) is 18.2 Å². The number of hydrogen-bond donors (Lipinski definition) is 1. The number of carbonyl (C=O) groups excluding carboxylic acids is 1. The van der Waals surface area contributed by atoms with Crippen molar-refractivity contribution in [1.29, 1.82) is 0 Å². The number of anilines is 1. The van der Waals surface area contributed by atoms with Crippen molar-refractivity contribution < 1.29 is 23.7 Å². The van der Waals surface area contributed by atoms with Gasteiger partial charge in [-0.05, 0) is 18.2 Å². The summed E-state index contributed by atoms with van der Waals surface area (Å²) in [6.07, 6.45) is 0.624. The zero-order chi connectivity index (χ0) is 14.8. The summed E-state index contributed by atoms with van der Waals surface area (Å²) in [5.41, 5.74) is 6.41. The molecule has 0 spiro atoms. The van der Waals surface area contributed by atoms with Crippen molar-refractivity contribution in [3.8, 4) is 5.75 Å².